The van der Waals surface area contributed by atoms with Crippen LogP contribution in [0.25, 0.3) is 11.3 Å². The molecule has 0 atom stereocenters. The zero-order chi connectivity index (χ0) is 15.4. The van der Waals surface area contributed by atoms with E-state index in [1.807, 2.05) is 18.2 Å². The van der Waals surface area contributed by atoms with Gasteiger partial charge in [-0.25, -0.2) is 9.97 Å². The molecule has 0 aromatic carbocycles. The van der Waals surface area contributed by atoms with Gasteiger partial charge < -0.3 is 15.8 Å². The van der Waals surface area contributed by atoms with Gasteiger partial charge >= 0.3 is 0 Å². The van der Waals surface area contributed by atoms with Gasteiger partial charge in [0, 0.05) is 31.5 Å². The Kier molecular flexibility index (Phi) is 4.75. The number of nitrogens with zero attached hydrogens (tertiary/aromatic N) is 2. The molecule has 3 N–H and O–H groups in total. The maximum Gasteiger partial charge on any atom is 0.126 e. The van der Waals surface area contributed by atoms with Crippen LogP contribution in [0.5, 0.6) is 0 Å². The Morgan fingerprint density at radius 2 is 2.14 bits per heavy atom. The second-order valence-corrected chi connectivity index (χ2v) is 5.84. The van der Waals surface area contributed by atoms with E-state index >= 15 is 0 Å². The van der Waals surface area contributed by atoms with Crippen LogP contribution in [-0.4, -0.2) is 29.7 Å². The summed E-state index contributed by atoms with van der Waals surface area (Å²) in [5, 5.41) is 3.95. The first kappa shape index (κ1) is 15.1. The first-order valence-electron chi connectivity index (χ1n) is 7.42. The molecule has 0 saturated carbocycles. The topological polar surface area (TPSA) is 73.1 Å². The smallest absolute Gasteiger partial charge is 0.126 e. The summed E-state index contributed by atoms with van der Waals surface area (Å²) in [6.45, 7) is 2.58. The van der Waals surface area contributed by atoms with Crippen molar-refractivity contribution in [1.82, 2.24) is 9.97 Å². The number of ether oxygens (including phenoxy) is 1. The van der Waals surface area contributed by atoms with Gasteiger partial charge in [-0.15, -0.1) is 0 Å². The quantitative estimate of drug-likeness (QED) is 0.905. The summed E-state index contributed by atoms with van der Waals surface area (Å²) >= 11 is 6.24. The van der Waals surface area contributed by atoms with Crippen LogP contribution < -0.4 is 11.1 Å². The van der Waals surface area contributed by atoms with Crippen molar-refractivity contribution in [1.29, 1.82) is 0 Å². The van der Waals surface area contributed by atoms with Crippen LogP contribution in [0.4, 0.5) is 11.6 Å². The lowest BCUT2D eigenvalue weighted by molar-refractivity contribution is 0.0699. The summed E-state index contributed by atoms with van der Waals surface area (Å²) in [6.07, 6.45) is 3.82. The number of hydrogen-bond acceptors (Lipinski definition) is 5. The van der Waals surface area contributed by atoms with Crippen LogP contribution in [-0.2, 0) is 4.74 Å². The average Bonchev–Trinajstić information content (AvgIpc) is 2.55. The maximum absolute atomic E-state index is 6.24. The van der Waals surface area contributed by atoms with E-state index in [0.29, 0.717) is 16.8 Å². The van der Waals surface area contributed by atoms with Gasteiger partial charge in [-0.05, 0) is 37.0 Å². The van der Waals surface area contributed by atoms with Gasteiger partial charge in [0.1, 0.15) is 11.6 Å². The monoisotopic (exact) mass is 318 g/mol. The van der Waals surface area contributed by atoms with Crippen molar-refractivity contribution >= 4 is 23.2 Å². The Labute approximate surface area is 134 Å². The Balaban J connectivity index is 1.74. The second-order valence-electron chi connectivity index (χ2n) is 5.43. The number of rotatable bonds is 4. The largest absolute Gasteiger partial charge is 0.384 e. The van der Waals surface area contributed by atoms with Gasteiger partial charge in [-0.1, -0.05) is 17.7 Å². The van der Waals surface area contributed by atoms with Crippen molar-refractivity contribution in [2.75, 3.05) is 30.8 Å². The van der Waals surface area contributed by atoms with Crippen LogP contribution in [0.3, 0.4) is 0 Å². The van der Waals surface area contributed by atoms with Crippen LogP contribution in [0.1, 0.15) is 12.8 Å². The molecule has 0 spiro atoms. The molecule has 0 amide bonds. The lowest BCUT2D eigenvalue weighted by Gasteiger charge is -2.22. The Morgan fingerprint density at radius 1 is 1.32 bits per heavy atom. The molecule has 3 heterocycles. The van der Waals surface area contributed by atoms with Gasteiger partial charge in [0.15, 0.2) is 0 Å². The molecule has 1 aliphatic heterocycles. The van der Waals surface area contributed by atoms with Crippen molar-refractivity contribution in [3.63, 3.8) is 0 Å². The average molecular weight is 319 g/mol. The van der Waals surface area contributed by atoms with Crippen LogP contribution in [0.15, 0.2) is 30.5 Å². The molecule has 0 unspecified atom stereocenters. The molecule has 0 aliphatic carbocycles. The van der Waals surface area contributed by atoms with E-state index in [4.69, 9.17) is 22.1 Å². The summed E-state index contributed by atoms with van der Waals surface area (Å²) < 4.78 is 5.37. The van der Waals surface area contributed by atoms with Crippen molar-refractivity contribution < 1.29 is 4.74 Å². The number of nitrogens with one attached hydrogen (secondary N) is 1. The molecule has 0 bridgehead atoms. The van der Waals surface area contributed by atoms with Gasteiger partial charge in [0.05, 0.1) is 10.7 Å². The van der Waals surface area contributed by atoms with Crippen LogP contribution >= 0.6 is 11.6 Å². The summed E-state index contributed by atoms with van der Waals surface area (Å²) in [7, 11) is 0. The van der Waals surface area contributed by atoms with Crippen molar-refractivity contribution in [2.45, 2.75) is 12.8 Å². The molecule has 22 heavy (non-hydrogen) atoms. The van der Waals surface area contributed by atoms with E-state index < -0.39 is 0 Å². The molecular formula is C16H19ClN4O. The number of anilines is 2. The molecule has 0 radical (unpaired) electrons. The van der Waals surface area contributed by atoms with Crippen molar-refractivity contribution in [3.8, 4) is 11.3 Å². The second kappa shape index (κ2) is 6.94. The molecule has 6 heteroatoms. The van der Waals surface area contributed by atoms with E-state index in [1.54, 1.807) is 12.3 Å². The molecule has 3 rings (SSSR count). The Bertz CT molecular complexity index is 644. The van der Waals surface area contributed by atoms with Gasteiger partial charge in [-0.2, -0.15) is 0 Å². The van der Waals surface area contributed by atoms with Gasteiger partial charge in [0.25, 0.3) is 0 Å². The van der Waals surface area contributed by atoms with E-state index in [2.05, 4.69) is 15.3 Å². The van der Waals surface area contributed by atoms with Gasteiger partial charge in [-0.3, -0.25) is 0 Å². The van der Waals surface area contributed by atoms with Crippen molar-refractivity contribution in [3.05, 3.63) is 35.5 Å². The summed E-state index contributed by atoms with van der Waals surface area (Å²) in [5.74, 6) is 1.90. The zero-order valence-corrected chi connectivity index (χ0v) is 13.0. The first-order valence-corrected chi connectivity index (χ1v) is 7.80. The van der Waals surface area contributed by atoms with E-state index in [1.165, 1.54) is 0 Å². The molecule has 5 nitrogen and oxygen atoms in total. The van der Waals surface area contributed by atoms with E-state index in [0.717, 1.165) is 49.7 Å². The fourth-order valence-electron chi connectivity index (χ4n) is 2.53. The number of nitrogens with two attached hydrogens (primary N) is 1. The predicted octanol–water partition coefficient (Wildman–Crippen LogP) is 3.22. The van der Waals surface area contributed by atoms with E-state index in [-0.39, 0.29) is 0 Å². The molecule has 1 fully saturated rings. The third-order valence-electron chi connectivity index (χ3n) is 3.81. The Morgan fingerprint density at radius 3 is 2.91 bits per heavy atom. The number of pyridine rings is 2. The number of halogens is 1. The van der Waals surface area contributed by atoms with Crippen LogP contribution in [0, 0.1) is 5.92 Å². The summed E-state index contributed by atoms with van der Waals surface area (Å²) in [6, 6.07) is 7.43. The van der Waals surface area contributed by atoms with Crippen molar-refractivity contribution in [2.24, 2.45) is 5.92 Å². The third-order valence-corrected chi connectivity index (χ3v) is 4.12. The molecule has 1 aliphatic rings. The minimum Gasteiger partial charge on any atom is -0.384 e. The first-order chi connectivity index (χ1) is 10.7. The highest BCUT2D eigenvalue weighted by Crippen LogP contribution is 2.28. The minimum atomic E-state index is 0.474. The normalized spacial score (nSPS) is 15.7. The molecule has 1 saturated heterocycles. The third kappa shape index (κ3) is 3.67. The van der Waals surface area contributed by atoms with E-state index in [9.17, 15) is 0 Å². The highest BCUT2D eigenvalue weighted by molar-refractivity contribution is 6.33. The minimum absolute atomic E-state index is 0.474. The predicted molar refractivity (Wildman–Crippen MR) is 88.9 cm³/mol. The molecular weight excluding hydrogens is 300 g/mol. The molecule has 116 valence electrons. The number of aromatic nitrogens is 2. The highest BCUT2D eigenvalue weighted by Gasteiger charge is 2.14. The fraction of sp³-hybridized carbons (Fsp3) is 0.375. The van der Waals surface area contributed by atoms with Crippen LogP contribution in [0.2, 0.25) is 5.02 Å². The highest BCUT2D eigenvalue weighted by atomic mass is 35.5. The standard InChI is InChI=1S/C16H19ClN4O/c17-13-10-20-16(19-9-11-4-6-22-7-5-11)8-12(13)14-2-1-3-15(18)21-14/h1-3,8,10-11H,4-7,9H2,(H2,18,21)(H,19,20). The zero-order valence-electron chi connectivity index (χ0n) is 12.3. The summed E-state index contributed by atoms with van der Waals surface area (Å²) in [5.41, 5.74) is 7.33. The number of nitrogen functional groups attached to an aromatic ring is 1. The lowest BCUT2D eigenvalue weighted by Crippen LogP contribution is -2.22. The maximum atomic E-state index is 6.24. The molecule has 2 aromatic heterocycles. The fourth-order valence-corrected chi connectivity index (χ4v) is 2.73. The van der Waals surface area contributed by atoms with Gasteiger partial charge in [0.2, 0.25) is 0 Å². The SMILES string of the molecule is Nc1cccc(-c2cc(NCC3CCOCC3)ncc2Cl)n1. The molecule has 2 aromatic rings. The lowest BCUT2D eigenvalue weighted by atomic mass is 10.0. The summed E-state index contributed by atoms with van der Waals surface area (Å²) in [4.78, 5) is 8.65. The number of hydrogen-bond donors (Lipinski definition) is 2. The Hall–Kier alpha value is -1.85.